The number of benzene rings is 5. The monoisotopic (exact) mass is 537 g/mol. The highest BCUT2D eigenvalue weighted by molar-refractivity contribution is 7.89. The summed E-state index contributed by atoms with van der Waals surface area (Å²) < 4.78 is 30.1. The molecule has 39 heavy (non-hydrogen) atoms. The smallest absolute Gasteiger partial charge is 0.255 e. The van der Waals surface area contributed by atoms with Gasteiger partial charge in [-0.3, -0.25) is 9.59 Å². The summed E-state index contributed by atoms with van der Waals surface area (Å²) in [5, 5.41) is 9.77. The van der Waals surface area contributed by atoms with Crippen LogP contribution in [0.15, 0.2) is 114 Å². The summed E-state index contributed by atoms with van der Waals surface area (Å²) in [6, 6.07) is 30.5. The van der Waals surface area contributed by atoms with Crippen LogP contribution in [0.4, 0.5) is 5.69 Å². The van der Waals surface area contributed by atoms with E-state index in [1.54, 1.807) is 78.9 Å². The molecule has 0 unspecified atom stereocenters. The minimum Gasteiger partial charge on any atom is -0.455 e. The van der Waals surface area contributed by atoms with Crippen LogP contribution < -0.4 is 20.9 Å². The van der Waals surface area contributed by atoms with Crippen LogP contribution in [0, 0.1) is 0 Å². The van der Waals surface area contributed by atoms with Crippen LogP contribution in [-0.2, 0) is 10.0 Å². The van der Waals surface area contributed by atoms with Gasteiger partial charge in [0.15, 0.2) is 5.75 Å². The lowest BCUT2D eigenvalue weighted by molar-refractivity contribution is 0.0997. The Morgan fingerprint density at radius 2 is 1.38 bits per heavy atom. The van der Waals surface area contributed by atoms with Gasteiger partial charge in [-0.15, -0.1) is 0 Å². The first kappa shape index (κ1) is 25.7. The lowest BCUT2D eigenvalue weighted by Gasteiger charge is -2.15. The van der Waals surface area contributed by atoms with Crippen molar-refractivity contribution in [3.8, 4) is 22.6 Å². The van der Waals surface area contributed by atoms with Gasteiger partial charge in [-0.25, -0.2) is 13.6 Å². The minimum absolute atomic E-state index is 0.00112. The highest BCUT2D eigenvalue weighted by Crippen LogP contribution is 2.35. The van der Waals surface area contributed by atoms with Crippen molar-refractivity contribution in [2.24, 2.45) is 10.9 Å². The number of hydrogen-bond acceptors (Lipinski definition) is 5. The van der Waals surface area contributed by atoms with Crippen molar-refractivity contribution >= 4 is 38.3 Å². The number of ether oxygens (including phenoxy) is 1. The van der Waals surface area contributed by atoms with E-state index >= 15 is 0 Å². The maximum absolute atomic E-state index is 13.1. The molecule has 5 aromatic carbocycles. The van der Waals surface area contributed by atoms with Crippen molar-refractivity contribution in [3.05, 3.63) is 120 Å². The molecule has 0 radical (unpaired) electrons. The van der Waals surface area contributed by atoms with Gasteiger partial charge in [0.1, 0.15) is 5.75 Å². The number of rotatable bonds is 7. The quantitative estimate of drug-likeness (QED) is 0.258. The van der Waals surface area contributed by atoms with E-state index in [9.17, 15) is 18.0 Å². The van der Waals surface area contributed by atoms with Gasteiger partial charge < -0.3 is 15.8 Å². The Morgan fingerprint density at radius 3 is 2.13 bits per heavy atom. The molecule has 0 aliphatic carbocycles. The summed E-state index contributed by atoms with van der Waals surface area (Å²) in [5.74, 6) is -0.187. The molecule has 0 saturated heterocycles. The van der Waals surface area contributed by atoms with Crippen molar-refractivity contribution < 1.29 is 22.7 Å². The minimum atomic E-state index is -3.92. The molecule has 2 amide bonds. The summed E-state index contributed by atoms with van der Waals surface area (Å²) in [5.41, 5.74) is 7.62. The molecule has 0 bridgehead atoms. The molecule has 9 heteroatoms. The topological polar surface area (TPSA) is 142 Å². The Balaban J connectivity index is 1.42. The van der Waals surface area contributed by atoms with Crippen LogP contribution >= 0.6 is 0 Å². The number of primary sulfonamides is 1. The zero-order valence-corrected chi connectivity index (χ0v) is 21.3. The molecule has 0 saturated carbocycles. The number of anilines is 1. The predicted molar refractivity (Wildman–Crippen MR) is 150 cm³/mol. The van der Waals surface area contributed by atoms with Crippen molar-refractivity contribution in [3.63, 3.8) is 0 Å². The predicted octanol–water partition coefficient (Wildman–Crippen LogP) is 5.30. The van der Waals surface area contributed by atoms with E-state index in [0.717, 1.165) is 10.8 Å². The number of carbonyl (C=O) groups excluding carboxylic acids is 2. The third-order valence-corrected chi connectivity index (χ3v) is 7.08. The summed E-state index contributed by atoms with van der Waals surface area (Å²) in [6.07, 6.45) is 0. The molecule has 0 fully saturated rings. The van der Waals surface area contributed by atoms with Crippen molar-refractivity contribution in [2.75, 3.05) is 5.32 Å². The number of amides is 2. The lowest BCUT2D eigenvalue weighted by atomic mass is 10.0. The number of primary amides is 1. The van der Waals surface area contributed by atoms with Crippen molar-refractivity contribution in [1.82, 2.24) is 0 Å². The molecule has 5 N–H and O–H groups in total. The Labute approximate surface area is 224 Å². The number of sulfonamides is 1. The summed E-state index contributed by atoms with van der Waals surface area (Å²) in [6.45, 7) is 0. The summed E-state index contributed by atoms with van der Waals surface area (Å²) in [7, 11) is -3.92. The van der Waals surface area contributed by atoms with Gasteiger partial charge in [0.2, 0.25) is 15.9 Å². The molecule has 0 aliphatic heterocycles. The molecular formula is C30H23N3O5S. The molecule has 5 aromatic rings. The van der Waals surface area contributed by atoms with Gasteiger partial charge in [0.25, 0.3) is 5.91 Å². The maximum Gasteiger partial charge on any atom is 0.255 e. The van der Waals surface area contributed by atoms with E-state index in [0.29, 0.717) is 39.4 Å². The first-order valence-electron chi connectivity index (χ1n) is 11.8. The standard InChI is InChI=1S/C30H23N3O5S/c31-29(34)22-17-21-7-1-2-8-23(21)27(18-22)38-26-11-5-4-10-25(26)33-30(35)20-15-13-19(14-16-20)24-9-3-6-12-28(24)39(32,36)37/h1-18H,(H2,31,34)(H,33,35)(H2,32,36,37). The van der Waals surface area contributed by atoms with Gasteiger partial charge >= 0.3 is 0 Å². The average molecular weight is 538 g/mol. The second-order valence-electron chi connectivity index (χ2n) is 8.73. The number of para-hydroxylation sites is 2. The van der Waals surface area contributed by atoms with Gasteiger partial charge in [0.05, 0.1) is 10.6 Å². The Hall–Kier alpha value is -4.99. The zero-order valence-electron chi connectivity index (χ0n) is 20.5. The molecule has 0 atom stereocenters. The molecule has 8 nitrogen and oxygen atoms in total. The van der Waals surface area contributed by atoms with Crippen LogP contribution in [0.5, 0.6) is 11.5 Å². The highest BCUT2D eigenvalue weighted by Gasteiger charge is 2.16. The molecule has 0 spiro atoms. The number of nitrogens with two attached hydrogens (primary N) is 2. The number of fused-ring (bicyclic) bond motifs is 1. The van der Waals surface area contributed by atoms with Crippen molar-refractivity contribution in [2.45, 2.75) is 4.90 Å². The third-order valence-electron chi connectivity index (χ3n) is 6.12. The summed E-state index contributed by atoms with van der Waals surface area (Å²) in [4.78, 5) is 25.0. The number of carbonyl (C=O) groups is 2. The molecule has 0 heterocycles. The zero-order chi connectivity index (χ0) is 27.6. The Morgan fingerprint density at radius 1 is 0.718 bits per heavy atom. The SMILES string of the molecule is NC(=O)c1cc(Oc2ccccc2NC(=O)c2ccc(-c3ccccc3S(N)(=O)=O)cc2)c2ccccc2c1. The fraction of sp³-hybridized carbons (Fsp3) is 0. The van der Waals surface area contributed by atoms with Crippen LogP contribution in [0.3, 0.4) is 0 Å². The van der Waals surface area contributed by atoms with Crippen LogP contribution in [0.25, 0.3) is 21.9 Å². The first-order valence-corrected chi connectivity index (χ1v) is 13.4. The second-order valence-corrected chi connectivity index (χ2v) is 10.3. The normalized spacial score (nSPS) is 11.2. The van der Waals surface area contributed by atoms with Crippen LogP contribution in [0.1, 0.15) is 20.7 Å². The number of hydrogen-bond donors (Lipinski definition) is 3. The van der Waals surface area contributed by atoms with E-state index in [2.05, 4.69) is 5.32 Å². The first-order chi connectivity index (χ1) is 18.7. The van der Waals surface area contributed by atoms with Gasteiger partial charge in [-0.05, 0) is 53.4 Å². The molecule has 5 rings (SSSR count). The molecule has 0 aliphatic rings. The van der Waals surface area contributed by atoms with Gasteiger partial charge in [0, 0.05) is 22.1 Å². The molecular weight excluding hydrogens is 514 g/mol. The van der Waals surface area contributed by atoms with E-state index in [-0.39, 0.29) is 4.90 Å². The molecule has 194 valence electrons. The van der Waals surface area contributed by atoms with Crippen molar-refractivity contribution in [1.29, 1.82) is 0 Å². The van der Waals surface area contributed by atoms with E-state index in [1.165, 1.54) is 6.07 Å². The highest BCUT2D eigenvalue weighted by atomic mass is 32.2. The van der Waals surface area contributed by atoms with Crippen LogP contribution in [0.2, 0.25) is 0 Å². The fourth-order valence-electron chi connectivity index (χ4n) is 4.23. The summed E-state index contributed by atoms with van der Waals surface area (Å²) >= 11 is 0. The van der Waals surface area contributed by atoms with Gasteiger partial charge in [-0.1, -0.05) is 66.7 Å². The fourth-order valence-corrected chi connectivity index (χ4v) is 4.99. The van der Waals surface area contributed by atoms with Crippen LogP contribution in [-0.4, -0.2) is 20.2 Å². The third kappa shape index (κ3) is 5.49. The van der Waals surface area contributed by atoms with E-state index < -0.39 is 21.8 Å². The second kappa shape index (κ2) is 10.4. The Bertz CT molecular complexity index is 1830. The largest absolute Gasteiger partial charge is 0.455 e. The maximum atomic E-state index is 13.1. The number of nitrogens with one attached hydrogen (secondary N) is 1. The average Bonchev–Trinajstić information content (AvgIpc) is 2.93. The lowest BCUT2D eigenvalue weighted by Crippen LogP contribution is -2.14. The molecule has 0 aromatic heterocycles. The van der Waals surface area contributed by atoms with E-state index in [4.69, 9.17) is 15.6 Å². The van der Waals surface area contributed by atoms with Gasteiger partial charge in [-0.2, -0.15) is 0 Å². The Kier molecular flexibility index (Phi) is 6.84. The van der Waals surface area contributed by atoms with E-state index in [1.807, 2.05) is 24.3 Å².